The smallest absolute Gasteiger partial charge is 0.391 e. The van der Waals surface area contributed by atoms with Crippen molar-refractivity contribution in [2.45, 2.75) is 38.0 Å². The Balaban J connectivity index is 4.27. The van der Waals surface area contributed by atoms with E-state index in [0.717, 1.165) is 0 Å². The number of hydrogen-bond donors (Lipinski definition) is 2. The van der Waals surface area contributed by atoms with E-state index in [4.69, 9.17) is 5.11 Å². The van der Waals surface area contributed by atoms with E-state index >= 15 is 0 Å². The molecule has 0 spiro atoms. The number of halogens is 5. The molecule has 1 amide bonds. The Morgan fingerprint density at radius 3 is 2.19 bits per heavy atom. The summed E-state index contributed by atoms with van der Waals surface area (Å²) in [5.41, 5.74) is 0. The van der Waals surface area contributed by atoms with Crippen LogP contribution in [-0.4, -0.2) is 35.8 Å². The molecule has 0 fully saturated rings. The summed E-state index contributed by atoms with van der Waals surface area (Å²) in [5.74, 6) is -7.88. The topological polar surface area (TPSA) is 49.3 Å². The van der Waals surface area contributed by atoms with Crippen LogP contribution >= 0.6 is 0 Å². The van der Waals surface area contributed by atoms with E-state index in [-0.39, 0.29) is 6.42 Å². The lowest BCUT2D eigenvalue weighted by Crippen LogP contribution is -2.51. The highest BCUT2D eigenvalue weighted by molar-refractivity contribution is 5.84. The molecule has 96 valence electrons. The molecule has 8 heteroatoms. The maximum Gasteiger partial charge on any atom is 0.463 e. The van der Waals surface area contributed by atoms with Gasteiger partial charge in [-0.1, -0.05) is 13.3 Å². The van der Waals surface area contributed by atoms with Gasteiger partial charge in [-0.2, -0.15) is 22.0 Å². The van der Waals surface area contributed by atoms with Gasteiger partial charge in [0.1, 0.15) is 0 Å². The number of aliphatic hydroxyl groups is 1. The van der Waals surface area contributed by atoms with Gasteiger partial charge in [-0.25, -0.2) is 0 Å². The summed E-state index contributed by atoms with van der Waals surface area (Å²) in [6.45, 7) is 1.06. The maximum atomic E-state index is 12.3. The van der Waals surface area contributed by atoms with E-state index in [1.807, 2.05) is 0 Å². The Morgan fingerprint density at radius 1 is 1.31 bits per heavy atom. The van der Waals surface area contributed by atoms with Crippen LogP contribution in [0.1, 0.15) is 19.8 Å². The zero-order valence-electron chi connectivity index (χ0n) is 8.44. The van der Waals surface area contributed by atoms with Crippen LogP contribution in [0, 0.1) is 0 Å². The fourth-order valence-electron chi connectivity index (χ4n) is 0.886. The van der Waals surface area contributed by atoms with Crippen LogP contribution < -0.4 is 5.32 Å². The maximum absolute atomic E-state index is 12.3. The van der Waals surface area contributed by atoms with E-state index < -0.39 is 30.7 Å². The van der Waals surface area contributed by atoms with Crippen molar-refractivity contribution in [3.63, 3.8) is 0 Å². The van der Waals surface area contributed by atoms with Gasteiger partial charge >= 0.3 is 12.1 Å². The molecule has 1 unspecified atom stereocenters. The normalized spacial score (nSPS) is 14.7. The molecule has 0 aromatic rings. The predicted octanol–water partition coefficient (Wildman–Crippen LogP) is 1.46. The van der Waals surface area contributed by atoms with Crippen LogP contribution in [0.2, 0.25) is 0 Å². The standard InChI is InChI=1S/C8H12F5NO2/c1-2-3-5(15)4-14-6(16)7(9,10)8(11,12)13/h5,15H,2-4H2,1H3,(H,14,16). The van der Waals surface area contributed by atoms with Crippen molar-refractivity contribution in [2.75, 3.05) is 6.54 Å². The summed E-state index contributed by atoms with van der Waals surface area (Å²) in [7, 11) is 0. The lowest BCUT2D eigenvalue weighted by Gasteiger charge is -2.19. The van der Waals surface area contributed by atoms with Crippen LogP contribution in [-0.2, 0) is 4.79 Å². The Bertz CT molecular complexity index is 241. The molecule has 0 aromatic heterocycles. The second kappa shape index (κ2) is 5.42. The van der Waals surface area contributed by atoms with Crippen molar-refractivity contribution >= 4 is 5.91 Å². The number of alkyl halides is 5. The molecule has 0 radical (unpaired) electrons. The summed E-state index contributed by atoms with van der Waals surface area (Å²) >= 11 is 0. The van der Waals surface area contributed by atoms with E-state index in [0.29, 0.717) is 6.42 Å². The summed E-state index contributed by atoms with van der Waals surface area (Å²) in [6.07, 6.45) is -6.32. The molecule has 0 rings (SSSR count). The molecule has 0 saturated heterocycles. The first kappa shape index (κ1) is 15.1. The number of nitrogens with one attached hydrogen (secondary N) is 1. The fraction of sp³-hybridized carbons (Fsp3) is 0.875. The molecule has 0 aromatic carbocycles. The Kier molecular flexibility index (Phi) is 5.11. The largest absolute Gasteiger partial charge is 0.463 e. The van der Waals surface area contributed by atoms with Crippen molar-refractivity contribution in [3.05, 3.63) is 0 Å². The number of carbonyl (C=O) groups excluding carboxylic acids is 1. The zero-order valence-corrected chi connectivity index (χ0v) is 8.44. The lowest BCUT2D eigenvalue weighted by atomic mass is 10.2. The first-order valence-electron chi connectivity index (χ1n) is 4.53. The highest BCUT2D eigenvalue weighted by atomic mass is 19.4. The third-order valence-corrected chi connectivity index (χ3v) is 1.76. The number of hydrogen-bond acceptors (Lipinski definition) is 2. The summed E-state index contributed by atoms with van der Waals surface area (Å²) < 4.78 is 59.7. The molecule has 0 bridgehead atoms. The fourth-order valence-corrected chi connectivity index (χ4v) is 0.886. The Labute approximate surface area is 88.6 Å². The molecule has 0 aliphatic carbocycles. The SMILES string of the molecule is CCCC(O)CNC(=O)C(F)(F)C(F)(F)F. The molecule has 0 aliphatic heterocycles. The molecule has 0 aliphatic rings. The molecule has 3 nitrogen and oxygen atoms in total. The van der Waals surface area contributed by atoms with E-state index in [2.05, 4.69) is 0 Å². The van der Waals surface area contributed by atoms with Gasteiger partial charge in [0.15, 0.2) is 0 Å². The Hall–Kier alpha value is -0.920. The van der Waals surface area contributed by atoms with Crippen molar-refractivity contribution in [1.82, 2.24) is 5.32 Å². The van der Waals surface area contributed by atoms with Crippen LogP contribution in [0.4, 0.5) is 22.0 Å². The number of amides is 1. The predicted molar refractivity (Wildman–Crippen MR) is 44.9 cm³/mol. The molecular formula is C8H12F5NO2. The van der Waals surface area contributed by atoms with Gasteiger partial charge in [0.2, 0.25) is 0 Å². The highest BCUT2D eigenvalue weighted by Gasteiger charge is 2.63. The van der Waals surface area contributed by atoms with Crippen LogP contribution in [0.25, 0.3) is 0 Å². The lowest BCUT2D eigenvalue weighted by molar-refractivity contribution is -0.269. The monoisotopic (exact) mass is 249 g/mol. The van der Waals surface area contributed by atoms with Gasteiger partial charge < -0.3 is 10.4 Å². The van der Waals surface area contributed by atoms with Gasteiger partial charge in [-0.05, 0) is 6.42 Å². The molecular weight excluding hydrogens is 237 g/mol. The van der Waals surface area contributed by atoms with Crippen LogP contribution in [0.15, 0.2) is 0 Å². The quantitative estimate of drug-likeness (QED) is 0.725. The minimum absolute atomic E-state index is 0.206. The minimum Gasteiger partial charge on any atom is -0.391 e. The molecule has 2 N–H and O–H groups in total. The van der Waals surface area contributed by atoms with Crippen LogP contribution in [0.3, 0.4) is 0 Å². The minimum atomic E-state index is -5.92. The second-order valence-electron chi connectivity index (χ2n) is 3.22. The summed E-state index contributed by atoms with van der Waals surface area (Å²) in [5, 5.41) is 10.4. The molecule has 0 saturated carbocycles. The number of carbonyl (C=O) groups is 1. The van der Waals surface area contributed by atoms with E-state index in [9.17, 15) is 26.7 Å². The summed E-state index contributed by atoms with van der Waals surface area (Å²) in [4.78, 5) is 10.5. The van der Waals surface area contributed by atoms with Crippen molar-refractivity contribution in [3.8, 4) is 0 Å². The van der Waals surface area contributed by atoms with Crippen molar-refractivity contribution < 1.29 is 31.9 Å². The average Bonchev–Trinajstić information content (AvgIpc) is 2.12. The van der Waals surface area contributed by atoms with Crippen molar-refractivity contribution in [1.29, 1.82) is 0 Å². The van der Waals surface area contributed by atoms with E-state index in [1.165, 1.54) is 5.32 Å². The zero-order chi connectivity index (χ0) is 13.0. The average molecular weight is 249 g/mol. The van der Waals surface area contributed by atoms with Gasteiger partial charge in [0.25, 0.3) is 5.91 Å². The van der Waals surface area contributed by atoms with E-state index in [1.54, 1.807) is 6.92 Å². The van der Waals surface area contributed by atoms with Gasteiger partial charge in [-0.3, -0.25) is 4.79 Å². The van der Waals surface area contributed by atoms with Gasteiger partial charge in [0, 0.05) is 6.54 Å². The molecule has 16 heavy (non-hydrogen) atoms. The third-order valence-electron chi connectivity index (χ3n) is 1.76. The summed E-state index contributed by atoms with van der Waals surface area (Å²) in [6, 6.07) is 0. The molecule has 1 atom stereocenters. The van der Waals surface area contributed by atoms with Crippen LogP contribution in [0.5, 0.6) is 0 Å². The van der Waals surface area contributed by atoms with Gasteiger partial charge in [0.05, 0.1) is 6.10 Å². The molecule has 0 heterocycles. The third kappa shape index (κ3) is 3.92. The number of aliphatic hydroxyl groups excluding tert-OH is 1. The first-order chi connectivity index (χ1) is 7.13. The Morgan fingerprint density at radius 2 is 1.81 bits per heavy atom. The second-order valence-corrected chi connectivity index (χ2v) is 3.22. The number of rotatable bonds is 5. The first-order valence-corrected chi connectivity index (χ1v) is 4.53. The highest BCUT2D eigenvalue weighted by Crippen LogP contribution is 2.35. The van der Waals surface area contributed by atoms with Crippen molar-refractivity contribution in [2.24, 2.45) is 0 Å². The van der Waals surface area contributed by atoms with Gasteiger partial charge in [-0.15, -0.1) is 0 Å².